The van der Waals surface area contributed by atoms with Crippen LogP contribution < -0.4 is 5.32 Å². The summed E-state index contributed by atoms with van der Waals surface area (Å²) in [4.78, 5) is 14.3. The average Bonchev–Trinajstić information content (AvgIpc) is 2.95. The Morgan fingerprint density at radius 2 is 1.61 bits per heavy atom. The van der Waals surface area contributed by atoms with Gasteiger partial charge in [0.1, 0.15) is 0 Å². The van der Waals surface area contributed by atoms with Gasteiger partial charge in [0.25, 0.3) is 0 Å². The van der Waals surface area contributed by atoms with Crippen molar-refractivity contribution < 1.29 is 15.0 Å². The van der Waals surface area contributed by atoms with Crippen molar-refractivity contribution in [1.82, 2.24) is 10.2 Å². The van der Waals surface area contributed by atoms with Crippen molar-refractivity contribution >= 4 is 6.03 Å². The van der Waals surface area contributed by atoms with Crippen molar-refractivity contribution in [2.75, 3.05) is 26.2 Å². The molecule has 0 aromatic heterocycles. The zero-order chi connectivity index (χ0) is 19.8. The Kier molecular flexibility index (Phi) is 7.06. The first-order chi connectivity index (χ1) is 13.6. The minimum atomic E-state index is -1.05. The van der Waals surface area contributed by atoms with Gasteiger partial charge < -0.3 is 20.4 Å². The van der Waals surface area contributed by atoms with Gasteiger partial charge in [-0.2, -0.15) is 0 Å². The molecule has 3 N–H and O–H groups in total. The van der Waals surface area contributed by atoms with Crippen LogP contribution in [0.1, 0.15) is 42.7 Å². The molecule has 2 amide bonds. The summed E-state index contributed by atoms with van der Waals surface area (Å²) in [7, 11) is 0. The number of aliphatic hydroxyl groups excluding tert-OH is 1. The largest absolute Gasteiger partial charge is 0.393 e. The first-order valence-electron chi connectivity index (χ1n) is 10.1. The van der Waals surface area contributed by atoms with Gasteiger partial charge in [0.15, 0.2) is 0 Å². The number of carbonyl (C=O) groups excluding carboxylic acids is 1. The molecule has 0 radical (unpaired) electrons. The van der Waals surface area contributed by atoms with Crippen LogP contribution in [0, 0.1) is 0 Å². The number of nitrogens with one attached hydrogen (secondary N) is 1. The van der Waals surface area contributed by atoms with Crippen LogP contribution in [0.25, 0.3) is 0 Å². The third-order valence-electron chi connectivity index (χ3n) is 5.61. The second kappa shape index (κ2) is 9.71. The summed E-state index contributed by atoms with van der Waals surface area (Å²) in [6, 6.07) is 20.6. The monoisotopic (exact) mass is 382 g/mol. The summed E-state index contributed by atoms with van der Waals surface area (Å²) in [5, 5.41) is 22.6. The molecule has 150 valence electrons. The summed E-state index contributed by atoms with van der Waals surface area (Å²) >= 11 is 0. The molecule has 5 heteroatoms. The van der Waals surface area contributed by atoms with Crippen LogP contribution in [0.2, 0.25) is 0 Å². The highest BCUT2D eigenvalue weighted by Crippen LogP contribution is 2.27. The zero-order valence-corrected chi connectivity index (χ0v) is 16.3. The van der Waals surface area contributed by atoms with E-state index in [1.807, 2.05) is 36.4 Å². The minimum absolute atomic E-state index is 0.0953. The van der Waals surface area contributed by atoms with E-state index in [1.165, 1.54) is 11.1 Å². The van der Waals surface area contributed by atoms with Crippen LogP contribution in [-0.2, 0) is 0 Å². The molecule has 0 bridgehead atoms. The molecule has 0 unspecified atom stereocenters. The quantitative estimate of drug-likeness (QED) is 0.719. The second-order valence-corrected chi connectivity index (χ2v) is 7.62. The zero-order valence-electron chi connectivity index (χ0n) is 16.3. The SMILES string of the molecule is O=C(NCCC(c1ccccc1)c1ccccc1)N1CCC[C@](O)(CO)CC1. The molecule has 1 atom stereocenters. The number of carbonyl (C=O) groups is 1. The standard InChI is InChI=1S/C23H30N2O3/c26-18-23(28)13-7-16-25(17-14-23)22(27)24-15-12-21(19-8-3-1-4-9-19)20-10-5-2-6-11-20/h1-6,8-11,21,26,28H,7,12-18H2,(H,24,27)/t23-/m1/s1. The number of nitrogens with zero attached hydrogens (tertiary/aromatic N) is 1. The number of hydrogen-bond acceptors (Lipinski definition) is 3. The van der Waals surface area contributed by atoms with Crippen LogP contribution in [0.3, 0.4) is 0 Å². The van der Waals surface area contributed by atoms with E-state index in [1.54, 1.807) is 4.90 Å². The topological polar surface area (TPSA) is 72.8 Å². The molecule has 5 nitrogen and oxygen atoms in total. The predicted molar refractivity (Wildman–Crippen MR) is 110 cm³/mol. The van der Waals surface area contributed by atoms with Gasteiger partial charge in [-0.25, -0.2) is 4.79 Å². The summed E-state index contributed by atoms with van der Waals surface area (Å²) in [5.74, 6) is 0.228. The van der Waals surface area contributed by atoms with Gasteiger partial charge in [-0.3, -0.25) is 0 Å². The Morgan fingerprint density at radius 3 is 2.18 bits per heavy atom. The number of amides is 2. The molecule has 1 aliphatic heterocycles. The van der Waals surface area contributed by atoms with E-state index in [4.69, 9.17) is 0 Å². The van der Waals surface area contributed by atoms with Crippen LogP contribution in [-0.4, -0.2) is 53.0 Å². The molecule has 0 spiro atoms. The molecule has 1 saturated heterocycles. The van der Waals surface area contributed by atoms with Gasteiger partial charge in [0.05, 0.1) is 12.2 Å². The third kappa shape index (κ3) is 5.33. The van der Waals surface area contributed by atoms with Crippen molar-refractivity contribution in [3.05, 3.63) is 71.8 Å². The summed E-state index contributed by atoms with van der Waals surface area (Å²) < 4.78 is 0. The highest BCUT2D eigenvalue weighted by molar-refractivity contribution is 5.74. The van der Waals surface area contributed by atoms with Crippen molar-refractivity contribution in [2.24, 2.45) is 0 Å². The van der Waals surface area contributed by atoms with Crippen LogP contribution in [0.5, 0.6) is 0 Å². The Morgan fingerprint density at radius 1 is 1.00 bits per heavy atom. The van der Waals surface area contributed by atoms with Crippen molar-refractivity contribution in [1.29, 1.82) is 0 Å². The number of rotatable bonds is 6. The van der Waals surface area contributed by atoms with Crippen LogP contribution in [0.15, 0.2) is 60.7 Å². The lowest BCUT2D eigenvalue weighted by molar-refractivity contribution is -0.0248. The second-order valence-electron chi connectivity index (χ2n) is 7.62. The lowest BCUT2D eigenvalue weighted by Crippen LogP contribution is -2.42. The van der Waals surface area contributed by atoms with E-state index >= 15 is 0 Å². The van der Waals surface area contributed by atoms with E-state index in [0.29, 0.717) is 38.9 Å². The van der Waals surface area contributed by atoms with Crippen molar-refractivity contribution in [2.45, 2.75) is 37.2 Å². The fourth-order valence-electron chi connectivity index (χ4n) is 3.87. The maximum Gasteiger partial charge on any atom is 0.317 e. The molecule has 2 aromatic rings. The van der Waals surface area contributed by atoms with E-state index < -0.39 is 5.60 Å². The fraction of sp³-hybridized carbons (Fsp3) is 0.435. The maximum absolute atomic E-state index is 12.6. The van der Waals surface area contributed by atoms with E-state index in [0.717, 1.165) is 6.42 Å². The first kappa shape index (κ1) is 20.4. The number of likely N-dealkylation sites (tertiary alicyclic amines) is 1. The Balaban J connectivity index is 1.58. The summed E-state index contributed by atoms with van der Waals surface area (Å²) in [6.07, 6.45) is 2.44. The van der Waals surface area contributed by atoms with Gasteiger partial charge in [0, 0.05) is 25.6 Å². The number of urea groups is 1. The normalized spacial score (nSPS) is 20.0. The number of aliphatic hydroxyl groups is 2. The molecule has 28 heavy (non-hydrogen) atoms. The van der Waals surface area contributed by atoms with E-state index in [2.05, 4.69) is 29.6 Å². The average molecular weight is 383 g/mol. The summed E-state index contributed by atoms with van der Waals surface area (Å²) in [6.45, 7) is 1.39. The lowest BCUT2D eigenvalue weighted by Gasteiger charge is -2.25. The molecular weight excluding hydrogens is 352 g/mol. The van der Waals surface area contributed by atoms with Crippen molar-refractivity contribution in [3.8, 4) is 0 Å². The predicted octanol–water partition coefficient (Wildman–Crippen LogP) is 3.13. The molecule has 1 fully saturated rings. The lowest BCUT2D eigenvalue weighted by atomic mass is 9.88. The van der Waals surface area contributed by atoms with E-state index in [9.17, 15) is 15.0 Å². The van der Waals surface area contributed by atoms with Gasteiger partial charge in [-0.05, 0) is 36.8 Å². The Hall–Kier alpha value is -2.37. The van der Waals surface area contributed by atoms with Gasteiger partial charge in [-0.15, -0.1) is 0 Å². The Labute approximate surface area is 167 Å². The molecule has 0 saturated carbocycles. The minimum Gasteiger partial charge on any atom is -0.393 e. The highest BCUT2D eigenvalue weighted by atomic mass is 16.3. The van der Waals surface area contributed by atoms with Crippen LogP contribution >= 0.6 is 0 Å². The van der Waals surface area contributed by atoms with Gasteiger partial charge >= 0.3 is 6.03 Å². The maximum atomic E-state index is 12.6. The van der Waals surface area contributed by atoms with Crippen molar-refractivity contribution in [3.63, 3.8) is 0 Å². The molecule has 1 heterocycles. The highest BCUT2D eigenvalue weighted by Gasteiger charge is 2.30. The molecule has 3 rings (SSSR count). The van der Waals surface area contributed by atoms with Gasteiger partial charge in [-0.1, -0.05) is 60.7 Å². The van der Waals surface area contributed by atoms with Crippen LogP contribution in [0.4, 0.5) is 4.79 Å². The van der Waals surface area contributed by atoms with E-state index in [-0.39, 0.29) is 18.6 Å². The molecule has 1 aliphatic rings. The smallest absolute Gasteiger partial charge is 0.317 e. The van der Waals surface area contributed by atoms with Gasteiger partial charge in [0.2, 0.25) is 0 Å². The molecule has 0 aliphatic carbocycles. The third-order valence-corrected chi connectivity index (χ3v) is 5.61. The number of benzene rings is 2. The fourth-order valence-corrected chi connectivity index (χ4v) is 3.87. The Bertz CT molecular complexity index is 699. The first-order valence-corrected chi connectivity index (χ1v) is 10.1. The molecule has 2 aromatic carbocycles. The molecular formula is C23H30N2O3. The summed E-state index contributed by atoms with van der Waals surface area (Å²) in [5.41, 5.74) is 1.43. The number of hydrogen-bond donors (Lipinski definition) is 3.